The van der Waals surface area contributed by atoms with Crippen LogP contribution in [0.25, 0.3) is 10.8 Å². The van der Waals surface area contributed by atoms with Crippen LogP contribution >= 0.6 is 11.3 Å². The number of thiophene rings is 1. The van der Waals surface area contributed by atoms with Crippen molar-refractivity contribution in [3.63, 3.8) is 0 Å². The molecule has 5 nitrogen and oxygen atoms in total. The maximum atomic E-state index is 5.29. The van der Waals surface area contributed by atoms with Crippen LogP contribution in [-0.4, -0.2) is 41.2 Å². The van der Waals surface area contributed by atoms with Crippen molar-refractivity contribution in [2.45, 2.75) is 25.4 Å². The summed E-state index contributed by atoms with van der Waals surface area (Å²) < 4.78 is 5.29. The molecule has 102 valence electrons. The number of rotatable bonds is 5. The molecule has 0 saturated carbocycles. The highest BCUT2D eigenvalue weighted by molar-refractivity contribution is 7.13. The summed E-state index contributed by atoms with van der Waals surface area (Å²) in [7, 11) is 2.10. The van der Waals surface area contributed by atoms with E-state index >= 15 is 0 Å². The van der Waals surface area contributed by atoms with Crippen molar-refractivity contribution in [1.29, 1.82) is 0 Å². The summed E-state index contributed by atoms with van der Waals surface area (Å²) in [5, 5.41) is 9.55. The van der Waals surface area contributed by atoms with Crippen molar-refractivity contribution in [2.24, 2.45) is 0 Å². The molecule has 0 bridgehead atoms. The Morgan fingerprint density at radius 3 is 3.26 bits per heavy atom. The summed E-state index contributed by atoms with van der Waals surface area (Å²) in [6.07, 6.45) is 2.54. The summed E-state index contributed by atoms with van der Waals surface area (Å²) in [5.74, 6) is 1.38. The predicted octanol–water partition coefficient (Wildman–Crippen LogP) is 1.98. The van der Waals surface area contributed by atoms with E-state index in [2.05, 4.69) is 27.4 Å². The third-order valence-electron chi connectivity index (χ3n) is 3.31. The summed E-state index contributed by atoms with van der Waals surface area (Å²) in [5.41, 5.74) is 0. The van der Waals surface area contributed by atoms with Crippen molar-refractivity contribution < 1.29 is 4.52 Å². The number of likely N-dealkylation sites (N-methyl/N-ethyl adjacent to an activating group) is 1. The maximum absolute atomic E-state index is 5.29. The second kappa shape index (κ2) is 5.81. The molecule has 0 amide bonds. The number of nitrogens with zero attached hydrogens (tertiary/aromatic N) is 3. The second-order valence-corrected chi connectivity index (χ2v) is 5.93. The average molecular weight is 278 g/mol. The van der Waals surface area contributed by atoms with Crippen molar-refractivity contribution in [1.82, 2.24) is 20.4 Å². The van der Waals surface area contributed by atoms with Gasteiger partial charge in [-0.3, -0.25) is 4.90 Å². The van der Waals surface area contributed by atoms with Gasteiger partial charge in [0.1, 0.15) is 0 Å². The van der Waals surface area contributed by atoms with Crippen LogP contribution in [0.4, 0.5) is 0 Å². The van der Waals surface area contributed by atoms with Crippen molar-refractivity contribution in [3.05, 3.63) is 23.3 Å². The lowest BCUT2D eigenvalue weighted by atomic mass is 10.2. The van der Waals surface area contributed by atoms with Crippen LogP contribution in [0.5, 0.6) is 0 Å². The van der Waals surface area contributed by atoms with Crippen molar-refractivity contribution in [3.8, 4) is 10.8 Å². The van der Waals surface area contributed by atoms with Gasteiger partial charge in [0, 0.05) is 12.6 Å². The van der Waals surface area contributed by atoms with Crippen LogP contribution in [-0.2, 0) is 6.54 Å². The third-order valence-corrected chi connectivity index (χ3v) is 4.16. The van der Waals surface area contributed by atoms with Crippen LogP contribution in [0.2, 0.25) is 0 Å². The monoisotopic (exact) mass is 278 g/mol. The van der Waals surface area contributed by atoms with E-state index in [1.54, 1.807) is 11.3 Å². The first-order chi connectivity index (χ1) is 9.31. The number of nitrogens with one attached hydrogen (secondary N) is 1. The van der Waals surface area contributed by atoms with Crippen molar-refractivity contribution >= 4 is 11.3 Å². The van der Waals surface area contributed by atoms with E-state index in [0.29, 0.717) is 11.9 Å². The Labute approximate surface area is 116 Å². The molecule has 1 atom stereocenters. The summed E-state index contributed by atoms with van der Waals surface area (Å²) >= 11 is 1.61. The molecule has 0 radical (unpaired) electrons. The Bertz CT molecular complexity index is 504. The molecule has 19 heavy (non-hydrogen) atoms. The molecule has 1 N–H and O–H groups in total. The zero-order valence-electron chi connectivity index (χ0n) is 11.0. The zero-order chi connectivity index (χ0) is 13.1. The lowest BCUT2D eigenvalue weighted by molar-refractivity contribution is 0.281. The molecule has 0 spiro atoms. The number of hydrogen-bond acceptors (Lipinski definition) is 6. The second-order valence-electron chi connectivity index (χ2n) is 4.98. The molecule has 0 aliphatic carbocycles. The van der Waals surface area contributed by atoms with Gasteiger partial charge in [0.25, 0.3) is 5.89 Å². The molecule has 3 rings (SSSR count). The van der Waals surface area contributed by atoms with Gasteiger partial charge in [-0.2, -0.15) is 4.98 Å². The molecule has 1 aliphatic heterocycles. The van der Waals surface area contributed by atoms with Crippen LogP contribution in [0.15, 0.2) is 22.0 Å². The fourth-order valence-electron chi connectivity index (χ4n) is 2.41. The van der Waals surface area contributed by atoms with Gasteiger partial charge in [0.05, 0.1) is 11.4 Å². The number of aromatic nitrogens is 2. The standard InChI is InChI=1S/C13H18N4OS/c1-17(8-10-4-2-6-14-10)9-12-15-13(18-16-12)11-5-3-7-19-11/h3,5,7,10,14H,2,4,6,8-9H2,1H3. The lowest BCUT2D eigenvalue weighted by Crippen LogP contribution is -2.35. The van der Waals surface area contributed by atoms with E-state index in [0.717, 1.165) is 30.3 Å². The smallest absolute Gasteiger partial charge is 0.268 e. The predicted molar refractivity (Wildman–Crippen MR) is 75.0 cm³/mol. The van der Waals surface area contributed by atoms with Crippen LogP contribution in [0.1, 0.15) is 18.7 Å². The highest BCUT2D eigenvalue weighted by Crippen LogP contribution is 2.22. The first-order valence-corrected chi connectivity index (χ1v) is 7.47. The van der Waals surface area contributed by atoms with Gasteiger partial charge < -0.3 is 9.84 Å². The summed E-state index contributed by atoms with van der Waals surface area (Å²) in [6.45, 7) is 2.90. The largest absolute Gasteiger partial charge is 0.333 e. The Morgan fingerprint density at radius 2 is 2.53 bits per heavy atom. The number of hydrogen-bond donors (Lipinski definition) is 1. The average Bonchev–Trinajstić information content (AvgIpc) is 3.09. The first-order valence-electron chi connectivity index (χ1n) is 6.59. The van der Waals surface area contributed by atoms with E-state index in [9.17, 15) is 0 Å². The fraction of sp³-hybridized carbons (Fsp3) is 0.538. The van der Waals surface area contributed by atoms with Gasteiger partial charge in [-0.25, -0.2) is 0 Å². The molecule has 2 aromatic heterocycles. The summed E-state index contributed by atoms with van der Waals surface area (Å²) in [4.78, 5) is 7.71. The Balaban J connectivity index is 1.57. The SMILES string of the molecule is CN(Cc1noc(-c2cccs2)n1)CC1CCCN1. The summed E-state index contributed by atoms with van der Waals surface area (Å²) in [6, 6.07) is 4.59. The molecule has 1 unspecified atom stereocenters. The normalized spacial score (nSPS) is 19.4. The topological polar surface area (TPSA) is 54.2 Å². The van der Waals surface area contributed by atoms with E-state index < -0.39 is 0 Å². The van der Waals surface area contributed by atoms with Crippen LogP contribution in [0.3, 0.4) is 0 Å². The van der Waals surface area contributed by atoms with Crippen LogP contribution < -0.4 is 5.32 Å². The van der Waals surface area contributed by atoms with Crippen LogP contribution in [0, 0.1) is 0 Å². The fourth-order valence-corrected chi connectivity index (χ4v) is 3.06. The zero-order valence-corrected chi connectivity index (χ0v) is 11.8. The molecule has 1 fully saturated rings. The van der Waals surface area contributed by atoms with Gasteiger partial charge in [-0.1, -0.05) is 11.2 Å². The first kappa shape index (κ1) is 12.8. The molecule has 1 aliphatic rings. The highest BCUT2D eigenvalue weighted by atomic mass is 32.1. The molecule has 3 heterocycles. The highest BCUT2D eigenvalue weighted by Gasteiger charge is 2.17. The molecule has 1 saturated heterocycles. The quantitative estimate of drug-likeness (QED) is 0.906. The minimum Gasteiger partial charge on any atom is -0.333 e. The van der Waals surface area contributed by atoms with E-state index in [-0.39, 0.29) is 0 Å². The maximum Gasteiger partial charge on any atom is 0.268 e. The Kier molecular flexibility index (Phi) is 3.91. The van der Waals surface area contributed by atoms with Gasteiger partial charge in [-0.15, -0.1) is 11.3 Å². The third kappa shape index (κ3) is 3.20. The minimum atomic E-state index is 0.605. The van der Waals surface area contributed by atoms with Crippen molar-refractivity contribution in [2.75, 3.05) is 20.1 Å². The Hall–Kier alpha value is -1.24. The van der Waals surface area contributed by atoms with Gasteiger partial charge in [-0.05, 0) is 37.9 Å². The van der Waals surface area contributed by atoms with E-state index in [1.165, 1.54) is 12.8 Å². The molecule has 2 aromatic rings. The molecule has 0 aromatic carbocycles. The lowest BCUT2D eigenvalue weighted by Gasteiger charge is -2.19. The van der Waals surface area contributed by atoms with Gasteiger partial charge >= 0.3 is 0 Å². The van der Waals surface area contributed by atoms with E-state index in [1.807, 2.05) is 17.5 Å². The van der Waals surface area contributed by atoms with E-state index in [4.69, 9.17) is 4.52 Å². The Morgan fingerprint density at radius 1 is 1.58 bits per heavy atom. The molecule has 6 heteroatoms. The molecular weight excluding hydrogens is 260 g/mol. The van der Waals surface area contributed by atoms with Gasteiger partial charge in [0.2, 0.25) is 0 Å². The molecular formula is C13H18N4OS. The minimum absolute atomic E-state index is 0.605. The van der Waals surface area contributed by atoms with Gasteiger partial charge in [0.15, 0.2) is 5.82 Å².